The first-order chi connectivity index (χ1) is 9.20. The third-order valence-corrected chi connectivity index (χ3v) is 3.57. The third kappa shape index (κ3) is 3.86. The van der Waals surface area contributed by atoms with Gasteiger partial charge in [0.05, 0.1) is 18.3 Å². The van der Waals surface area contributed by atoms with Crippen molar-refractivity contribution in [1.82, 2.24) is 9.88 Å². The summed E-state index contributed by atoms with van der Waals surface area (Å²) in [4.78, 5) is 6.42. The van der Waals surface area contributed by atoms with Crippen molar-refractivity contribution in [2.75, 3.05) is 13.7 Å². The second kappa shape index (κ2) is 6.80. The molecule has 2 aromatic rings. The van der Waals surface area contributed by atoms with Crippen molar-refractivity contribution < 1.29 is 5.11 Å². The van der Waals surface area contributed by atoms with Crippen LogP contribution in [-0.2, 0) is 6.54 Å². The van der Waals surface area contributed by atoms with E-state index in [1.54, 1.807) is 6.20 Å². The topological polar surface area (TPSA) is 36.4 Å². The van der Waals surface area contributed by atoms with Crippen molar-refractivity contribution in [2.45, 2.75) is 12.6 Å². The van der Waals surface area contributed by atoms with Gasteiger partial charge < -0.3 is 5.11 Å². The molecule has 0 spiro atoms. The minimum absolute atomic E-state index is 0.0282. The number of benzene rings is 1. The van der Waals surface area contributed by atoms with Crippen LogP contribution < -0.4 is 0 Å². The van der Waals surface area contributed by atoms with E-state index < -0.39 is 0 Å². The monoisotopic (exact) mass is 320 g/mol. The summed E-state index contributed by atoms with van der Waals surface area (Å²) in [7, 11) is 2.00. The van der Waals surface area contributed by atoms with Crippen LogP contribution in [-0.4, -0.2) is 28.6 Å². The Balaban J connectivity index is 2.13. The van der Waals surface area contributed by atoms with Gasteiger partial charge in [0.15, 0.2) is 0 Å². The van der Waals surface area contributed by atoms with Gasteiger partial charge in [-0.15, -0.1) is 0 Å². The van der Waals surface area contributed by atoms with Crippen LogP contribution in [0.4, 0.5) is 0 Å². The lowest BCUT2D eigenvalue weighted by atomic mass is 10.1. The first-order valence-electron chi connectivity index (χ1n) is 6.17. The van der Waals surface area contributed by atoms with Crippen LogP contribution in [0.15, 0.2) is 53.1 Å². The van der Waals surface area contributed by atoms with Crippen molar-refractivity contribution in [2.24, 2.45) is 0 Å². The fraction of sp³-hybridized carbons (Fsp3) is 0.267. The molecule has 1 aromatic carbocycles. The molecule has 19 heavy (non-hydrogen) atoms. The Hall–Kier alpha value is -1.23. The largest absolute Gasteiger partial charge is 0.394 e. The predicted octanol–water partition coefficient (Wildman–Crippen LogP) is 3.01. The first kappa shape index (κ1) is 14.2. The van der Waals surface area contributed by atoms with E-state index in [4.69, 9.17) is 0 Å². The Morgan fingerprint density at radius 3 is 2.74 bits per heavy atom. The predicted molar refractivity (Wildman–Crippen MR) is 79.7 cm³/mol. The number of hydrogen-bond donors (Lipinski definition) is 1. The average molecular weight is 321 g/mol. The van der Waals surface area contributed by atoms with Gasteiger partial charge in [-0.3, -0.25) is 9.88 Å². The lowest BCUT2D eigenvalue weighted by molar-refractivity contribution is 0.141. The molecule has 3 nitrogen and oxygen atoms in total. The number of hydrogen-bond acceptors (Lipinski definition) is 3. The highest BCUT2D eigenvalue weighted by Crippen LogP contribution is 2.23. The smallest absolute Gasteiger partial charge is 0.0628 e. The Morgan fingerprint density at radius 2 is 2.11 bits per heavy atom. The van der Waals surface area contributed by atoms with E-state index in [2.05, 4.69) is 25.8 Å². The second-order valence-corrected chi connectivity index (χ2v) is 5.41. The molecular formula is C15H17BrN2O. The summed E-state index contributed by atoms with van der Waals surface area (Å²) < 4.78 is 1.02. The number of aliphatic hydroxyl groups excluding tert-OH is 1. The molecular weight excluding hydrogens is 304 g/mol. The minimum atomic E-state index is -0.0282. The summed E-state index contributed by atoms with van der Waals surface area (Å²) in [6.45, 7) is 0.790. The lowest BCUT2D eigenvalue weighted by Crippen LogP contribution is -2.27. The maximum Gasteiger partial charge on any atom is 0.0628 e. The minimum Gasteiger partial charge on any atom is -0.394 e. The van der Waals surface area contributed by atoms with Crippen molar-refractivity contribution in [3.8, 4) is 0 Å². The molecule has 0 aliphatic carbocycles. The average Bonchev–Trinajstić information content (AvgIpc) is 2.41. The SMILES string of the molecule is CN(Cc1ccccn1)[C@@H](CO)c1cccc(Br)c1. The number of pyridine rings is 1. The van der Waals surface area contributed by atoms with Gasteiger partial charge in [-0.05, 0) is 36.9 Å². The van der Waals surface area contributed by atoms with E-state index in [1.807, 2.05) is 49.5 Å². The Kier molecular flexibility index (Phi) is 5.07. The van der Waals surface area contributed by atoms with E-state index in [1.165, 1.54) is 0 Å². The molecule has 0 amide bonds. The van der Waals surface area contributed by atoms with E-state index in [0.717, 1.165) is 15.7 Å². The molecule has 1 N–H and O–H groups in total. The number of rotatable bonds is 5. The molecule has 0 saturated carbocycles. The standard InChI is InChI=1S/C15H17BrN2O/c1-18(10-14-7-2-3-8-17-14)15(11-19)12-5-4-6-13(16)9-12/h2-9,15,19H,10-11H2,1H3/t15-/m0/s1. The van der Waals surface area contributed by atoms with Crippen molar-refractivity contribution in [3.05, 3.63) is 64.4 Å². The molecule has 4 heteroatoms. The number of nitrogens with zero attached hydrogens (tertiary/aromatic N) is 2. The third-order valence-electron chi connectivity index (χ3n) is 3.08. The van der Waals surface area contributed by atoms with Gasteiger partial charge in [0, 0.05) is 17.2 Å². The van der Waals surface area contributed by atoms with Crippen molar-refractivity contribution in [1.29, 1.82) is 0 Å². The van der Waals surface area contributed by atoms with Crippen LogP contribution in [0.2, 0.25) is 0 Å². The molecule has 100 valence electrons. The Labute approximate surface area is 122 Å². The van der Waals surface area contributed by atoms with Gasteiger partial charge >= 0.3 is 0 Å². The molecule has 0 radical (unpaired) electrons. The fourth-order valence-corrected chi connectivity index (χ4v) is 2.49. The van der Waals surface area contributed by atoms with Crippen LogP contribution in [0.25, 0.3) is 0 Å². The quantitative estimate of drug-likeness (QED) is 0.920. The van der Waals surface area contributed by atoms with Crippen LogP contribution >= 0.6 is 15.9 Å². The lowest BCUT2D eigenvalue weighted by Gasteiger charge is -2.26. The maximum atomic E-state index is 9.64. The molecule has 1 heterocycles. The Morgan fingerprint density at radius 1 is 1.26 bits per heavy atom. The van der Waals surface area contributed by atoms with E-state index >= 15 is 0 Å². The number of aromatic nitrogens is 1. The van der Waals surface area contributed by atoms with E-state index in [9.17, 15) is 5.11 Å². The van der Waals surface area contributed by atoms with Gasteiger partial charge in [0.1, 0.15) is 0 Å². The molecule has 1 aromatic heterocycles. The van der Waals surface area contributed by atoms with E-state index in [-0.39, 0.29) is 12.6 Å². The Bertz CT molecular complexity index is 519. The molecule has 0 fully saturated rings. The fourth-order valence-electron chi connectivity index (χ4n) is 2.07. The number of aliphatic hydroxyl groups is 1. The first-order valence-corrected chi connectivity index (χ1v) is 6.96. The molecule has 0 bridgehead atoms. The zero-order valence-electron chi connectivity index (χ0n) is 10.8. The zero-order valence-corrected chi connectivity index (χ0v) is 12.4. The van der Waals surface area contributed by atoms with Crippen molar-refractivity contribution >= 4 is 15.9 Å². The molecule has 2 rings (SSSR count). The normalized spacial score (nSPS) is 12.6. The van der Waals surface area contributed by atoms with Gasteiger partial charge in [0.2, 0.25) is 0 Å². The molecule has 0 saturated heterocycles. The summed E-state index contributed by atoms with van der Waals surface area (Å²) in [5.41, 5.74) is 2.09. The number of halogens is 1. The highest BCUT2D eigenvalue weighted by atomic mass is 79.9. The highest BCUT2D eigenvalue weighted by Gasteiger charge is 2.16. The molecule has 0 unspecified atom stereocenters. The molecule has 1 atom stereocenters. The molecule has 0 aliphatic heterocycles. The summed E-state index contributed by atoms with van der Waals surface area (Å²) in [5.74, 6) is 0. The van der Waals surface area contributed by atoms with Gasteiger partial charge in [-0.25, -0.2) is 0 Å². The summed E-state index contributed by atoms with van der Waals surface area (Å²) in [6.07, 6.45) is 1.79. The number of likely N-dealkylation sites (N-methyl/N-ethyl adjacent to an activating group) is 1. The van der Waals surface area contributed by atoms with Crippen LogP contribution in [0.5, 0.6) is 0 Å². The van der Waals surface area contributed by atoms with Crippen LogP contribution in [0.1, 0.15) is 17.3 Å². The van der Waals surface area contributed by atoms with Crippen LogP contribution in [0.3, 0.4) is 0 Å². The van der Waals surface area contributed by atoms with Gasteiger partial charge in [0.25, 0.3) is 0 Å². The van der Waals surface area contributed by atoms with Gasteiger partial charge in [-0.1, -0.05) is 34.1 Å². The highest BCUT2D eigenvalue weighted by molar-refractivity contribution is 9.10. The molecule has 0 aliphatic rings. The van der Waals surface area contributed by atoms with E-state index in [0.29, 0.717) is 6.54 Å². The van der Waals surface area contributed by atoms with Crippen molar-refractivity contribution in [3.63, 3.8) is 0 Å². The zero-order chi connectivity index (χ0) is 13.7. The van der Waals surface area contributed by atoms with Crippen LogP contribution in [0, 0.1) is 0 Å². The summed E-state index contributed by atoms with van der Waals surface area (Å²) >= 11 is 3.46. The summed E-state index contributed by atoms with van der Waals surface area (Å²) in [6, 6.07) is 13.9. The summed E-state index contributed by atoms with van der Waals surface area (Å²) in [5, 5.41) is 9.64. The van der Waals surface area contributed by atoms with Gasteiger partial charge in [-0.2, -0.15) is 0 Å². The maximum absolute atomic E-state index is 9.64. The second-order valence-electron chi connectivity index (χ2n) is 4.49.